The summed E-state index contributed by atoms with van der Waals surface area (Å²) in [4.78, 5) is 13.8. The molecule has 0 spiro atoms. The van der Waals surface area contributed by atoms with Crippen LogP contribution in [0.5, 0.6) is 0 Å². The van der Waals surface area contributed by atoms with Gasteiger partial charge in [-0.2, -0.15) is 0 Å². The minimum atomic E-state index is -0.587. The fourth-order valence-electron chi connectivity index (χ4n) is 3.33. The molecule has 0 aromatic carbocycles. The molecular weight excluding hydrogens is 190 g/mol. The van der Waals surface area contributed by atoms with E-state index in [2.05, 4.69) is 11.8 Å². The van der Waals surface area contributed by atoms with Gasteiger partial charge < -0.3 is 5.11 Å². The molecule has 0 aromatic rings. The van der Waals surface area contributed by atoms with E-state index in [1.54, 1.807) is 0 Å². The summed E-state index contributed by atoms with van der Waals surface area (Å²) in [5, 5.41) is 9.53. The van der Waals surface area contributed by atoms with E-state index in [-0.39, 0.29) is 0 Å². The zero-order valence-electron chi connectivity index (χ0n) is 9.54. The van der Waals surface area contributed by atoms with Crippen LogP contribution in [0.2, 0.25) is 0 Å². The van der Waals surface area contributed by atoms with E-state index in [4.69, 9.17) is 0 Å². The Morgan fingerprint density at radius 2 is 1.93 bits per heavy atom. The van der Waals surface area contributed by atoms with Gasteiger partial charge in [0.05, 0.1) is 0 Å². The predicted molar refractivity (Wildman–Crippen MR) is 58.9 cm³/mol. The van der Waals surface area contributed by atoms with Crippen LogP contribution in [0.25, 0.3) is 0 Å². The molecule has 0 amide bonds. The summed E-state index contributed by atoms with van der Waals surface area (Å²) in [6.07, 6.45) is 7.40. The number of rotatable bonds is 2. The highest BCUT2D eigenvalue weighted by molar-refractivity contribution is 5.79. The lowest BCUT2D eigenvalue weighted by molar-refractivity contribution is -0.155. The molecule has 1 N–H and O–H groups in total. The van der Waals surface area contributed by atoms with Crippen molar-refractivity contribution in [3.05, 3.63) is 0 Å². The number of likely N-dealkylation sites (tertiary alicyclic amines) is 1. The Morgan fingerprint density at radius 1 is 1.27 bits per heavy atom. The molecule has 0 radical (unpaired) electrons. The Morgan fingerprint density at radius 3 is 2.40 bits per heavy atom. The summed E-state index contributed by atoms with van der Waals surface area (Å²) in [5.41, 5.74) is -0.520. The molecule has 0 bridgehead atoms. The predicted octanol–water partition coefficient (Wildman–Crippen LogP) is 2.26. The van der Waals surface area contributed by atoms with Gasteiger partial charge in [-0.25, -0.2) is 0 Å². The summed E-state index contributed by atoms with van der Waals surface area (Å²) in [7, 11) is 0. The third kappa shape index (κ3) is 1.78. The maximum Gasteiger partial charge on any atom is 0.324 e. The summed E-state index contributed by atoms with van der Waals surface area (Å²) >= 11 is 0. The normalized spacial score (nSPS) is 31.7. The third-order valence-corrected chi connectivity index (χ3v) is 4.18. The molecule has 86 valence electrons. The Hall–Kier alpha value is -0.570. The first kappa shape index (κ1) is 10.9. The summed E-state index contributed by atoms with van der Waals surface area (Å²) < 4.78 is 0. The lowest BCUT2D eigenvalue weighted by Gasteiger charge is -2.43. The van der Waals surface area contributed by atoms with Crippen molar-refractivity contribution in [2.45, 2.75) is 63.5 Å². The summed E-state index contributed by atoms with van der Waals surface area (Å²) in [6, 6.07) is 0.458. The van der Waals surface area contributed by atoms with E-state index < -0.39 is 11.5 Å². The Bertz CT molecular complexity index is 246. The van der Waals surface area contributed by atoms with Crippen LogP contribution in [0, 0.1) is 0 Å². The average molecular weight is 211 g/mol. The lowest BCUT2D eigenvalue weighted by Crippen LogP contribution is -2.56. The van der Waals surface area contributed by atoms with E-state index in [0.29, 0.717) is 6.04 Å². The van der Waals surface area contributed by atoms with Crippen molar-refractivity contribution in [2.24, 2.45) is 0 Å². The lowest BCUT2D eigenvalue weighted by atomic mass is 9.80. The second-order valence-electron chi connectivity index (χ2n) is 5.08. The minimum absolute atomic E-state index is 0.458. The number of hydrogen-bond donors (Lipinski definition) is 1. The number of hydrogen-bond acceptors (Lipinski definition) is 2. The molecule has 1 aliphatic carbocycles. The fourth-order valence-corrected chi connectivity index (χ4v) is 3.33. The Labute approximate surface area is 91.5 Å². The zero-order valence-corrected chi connectivity index (χ0v) is 9.54. The number of carboxylic acid groups (broad SMARTS) is 1. The molecule has 15 heavy (non-hydrogen) atoms. The number of carbonyl (C=O) groups is 1. The van der Waals surface area contributed by atoms with E-state index in [1.807, 2.05) is 0 Å². The van der Waals surface area contributed by atoms with Gasteiger partial charge in [-0.1, -0.05) is 19.3 Å². The maximum absolute atomic E-state index is 11.6. The van der Waals surface area contributed by atoms with Crippen LogP contribution in [0.1, 0.15) is 51.9 Å². The van der Waals surface area contributed by atoms with Gasteiger partial charge in [0.2, 0.25) is 0 Å². The summed E-state index contributed by atoms with van der Waals surface area (Å²) in [5.74, 6) is -0.587. The van der Waals surface area contributed by atoms with Crippen LogP contribution in [-0.4, -0.2) is 34.1 Å². The molecule has 0 aromatic heterocycles. The second kappa shape index (κ2) is 4.12. The first-order valence-electron chi connectivity index (χ1n) is 6.17. The van der Waals surface area contributed by atoms with Gasteiger partial charge >= 0.3 is 5.97 Å². The quantitative estimate of drug-likeness (QED) is 0.761. The molecule has 1 heterocycles. The Kier molecular flexibility index (Phi) is 3.01. The van der Waals surface area contributed by atoms with Gasteiger partial charge in [0.15, 0.2) is 0 Å². The minimum Gasteiger partial charge on any atom is -0.480 e. The van der Waals surface area contributed by atoms with Crippen LogP contribution >= 0.6 is 0 Å². The number of nitrogens with zero attached hydrogens (tertiary/aromatic N) is 1. The van der Waals surface area contributed by atoms with E-state index >= 15 is 0 Å². The van der Waals surface area contributed by atoms with Crippen molar-refractivity contribution in [1.82, 2.24) is 4.90 Å². The summed E-state index contributed by atoms with van der Waals surface area (Å²) in [6.45, 7) is 3.15. The van der Waals surface area contributed by atoms with Gasteiger partial charge in [0.25, 0.3) is 0 Å². The van der Waals surface area contributed by atoms with Crippen LogP contribution < -0.4 is 0 Å². The molecule has 1 saturated heterocycles. The molecule has 2 aliphatic rings. The fraction of sp³-hybridized carbons (Fsp3) is 0.917. The smallest absolute Gasteiger partial charge is 0.324 e. The second-order valence-corrected chi connectivity index (χ2v) is 5.08. The van der Waals surface area contributed by atoms with E-state index in [1.165, 1.54) is 6.42 Å². The van der Waals surface area contributed by atoms with Crippen molar-refractivity contribution in [2.75, 3.05) is 6.54 Å². The van der Waals surface area contributed by atoms with Gasteiger partial charge in [0, 0.05) is 6.04 Å². The third-order valence-electron chi connectivity index (χ3n) is 4.18. The number of carboxylic acids is 1. The maximum atomic E-state index is 11.6. The molecule has 1 atom stereocenters. The molecular formula is C12H21NO2. The van der Waals surface area contributed by atoms with Gasteiger partial charge in [-0.3, -0.25) is 9.69 Å². The van der Waals surface area contributed by atoms with Crippen molar-refractivity contribution >= 4 is 5.97 Å². The van der Waals surface area contributed by atoms with Crippen molar-refractivity contribution in [3.63, 3.8) is 0 Å². The average Bonchev–Trinajstić information content (AvgIpc) is 2.66. The first-order chi connectivity index (χ1) is 7.17. The molecule has 1 aliphatic heterocycles. The molecule has 2 fully saturated rings. The molecule has 3 heteroatoms. The van der Waals surface area contributed by atoms with Crippen LogP contribution in [0.3, 0.4) is 0 Å². The monoisotopic (exact) mass is 211 g/mol. The van der Waals surface area contributed by atoms with E-state index in [0.717, 1.165) is 45.1 Å². The zero-order chi connectivity index (χ0) is 10.9. The Balaban J connectivity index is 2.20. The van der Waals surface area contributed by atoms with Crippen molar-refractivity contribution in [1.29, 1.82) is 0 Å². The molecule has 3 nitrogen and oxygen atoms in total. The van der Waals surface area contributed by atoms with Crippen LogP contribution in [0.15, 0.2) is 0 Å². The highest BCUT2D eigenvalue weighted by Gasteiger charge is 2.47. The van der Waals surface area contributed by atoms with Crippen molar-refractivity contribution in [3.8, 4) is 0 Å². The molecule has 1 unspecified atom stereocenters. The standard InChI is InChI=1S/C12H21NO2/c1-10-6-5-9-13(10)12(11(14)15)7-3-2-4-8-12/h10H,2-9H2,1H3,(H,14,15). The molecule has 1 saturated carbocycles. The van der Waals surface area contributed by atoms with Gasteiger partial charge in [-0.15, -0.1) is 0 Å². The van der Waals surface area contributed by atoms with Gasteiger partial charge in [0.1, 0.15) is 5.54 Å². The highest BCUT2D eigenvalue weighted by Crippen LogP contribution is 2.38. The van der Waals surface area contributed by atoms with Crippen LogP contribution in [0.4, 0.5) is 0 Å². The van der Waals surface area contributed by atoms with Crippen LogP contribution in [-0.2, 0) is 4.79 Å². The van der Waals surface area contributed by atoms with Crippen molar-refractivity contribution < 1.29 is 9.90 Å². The first-order valence-corrected chi connectivity index (χ1v) is 6.17. The van der Waals surface area contributed by atoms with Gasteiger partial charge in [-0.05, 0) is 39.2 Å². The number of aliphatic carboxylic acids is 1. The topological polar surface area (TPSA) is 40.5 Å². The molecule has 2 rings (SSSR count). The SMILES string of the molecule is CC1CCCN1C1(C(=O)O)CCCCC1. The highest BCUT2D eigenvalue weighted by atomic mass is 16.4. The largest absolute Gasteiger partial charge is 0.480 e. The van der Waals surface area contributed by atoms with E-state index in [9.17, 15) is 9.90 Å².